The van der Waals surface area contributed by atoms with Gasteiger partial charge in [0, 0.05) is 10.7 Å². The number of sulfone groups is 1. The van der Waals surface area contributed by atoms with Crippen molar-refractivity contribution in [2.24, 2.45) is 0 Å². The van der Waals surface area contributed by atoms with Gasteiger partial charge in [0.25, 0.3) is 0 Å². The molecule has 0 unspecified atom stereocenters. The van der Waals surface area contributed by atoms with Crippen molar-refractivity contribution in [3.63, 3.8) is 0 Å². The molecule has 0 spiro atoms. The van der Waals surface area contributed by atoms with Crippen LogP contribution in [0.3, 0.4) is 0 Å². The molecule has 1 heterocycles. The second kappa shape index (κ2) is 5.98. The van der Waals surface area contributed by atoms with Crippen LogP contribution in [0.5, 0.6) is 0 Å². The molecule has 120 valence electrons. The third kappa shape index (κ3) is 2.99. The van der Waals surface area contributed by atoms with Crippen molar-refractivity contribution in [3.05, 3.63) is 64.7 Å². The molecule has 2 aromatic rings. The average molecular weight is 350 g/mol. The lowest BCUT2D eigenvalue weighted by atomic mass is 10.1. The van der Waals surface area contributed by atoms with E-state index in [2.05, 4.69) is 0 Å². The molecule has 1 saturated heterocycles. The Hall–Kier alpha value is -1.85. The molecule has 6 heteroatoms. The number of hydrogen-bond acceptors (Lipinski definition) is 3. The highest BCUT2D eigenvalue weighted by Crippen LogP contribution is 2.37. The molecule has 3 rings (SSSR count). The van der Waals surface area contributed by atoms with Crippen molar-refractivity contribution < 1.29 is 13.2 Å². The van der Waals surface area contributed by atoms with Crippen molar-refractivity contribution in [2.45, 2.75) is 18.7 Å². The smallest absolute Gasteiger partial charge is 0.243 e. The first-order valence-electron chi connectivity index (χ1n) is 7.30. The Morgan fingerprint density at radius 1 is 1.09 bits per heavy atom. The maximum atomic E-state index is 12.5. The lowest BCUT2D eigenvalue weighted by Crippen LogP contribution is -2.29. The molecule has 0 bridgehead atoms. The van der Waals surface area contributed by atoms with Crippen LogP contribution in [0, 0.1) is 0 Å². The molecule has 1 amide bonds. The highest BCUT2D eigenvalue weighted by molar-refractivity contribution is 7.93. The number of nitrogens with zero attached hydrogens (tertiary/aromatic N) is 1. The summed E-state index contributed by atoms with van der Waals surface area (Å²) in [5, 5.41) is -0.478. The lowest BCUT2D eigenvalue weighted by molar-refractivity contribution is -0.115. The number of halogens is 1. The van der Waals surface area contributed by atoms with Crippen molar-refractivity contribution in [1.29, 1.82) is 0 Å². The van der Waals surface area contributed by atoms with Crippen LogP contribution in [-0.2, 0) is 21.1 Å². The van der Waals surface area contributed by atoms with E-state index in [1.807, 2.05) is 19.1 Å². The maximum Gasteiger partial charge on any atom is 0.243 e. The van der Waals surface area contributed by atoms with Crippen LogP contribution >= 0.6 is 11.6 Å². The van der Waals surface area contributed by atoms with Gasteiger partial charge in [-0.05, 0) is 41.8 Å². The summed E-state index contributed by atoms with van der Waals surface area (Å²) < 4.78 is 24.9. The van der Waals surface area contributed by atoms with E-state index in [0.717, 1.165) is 12.0 Å². The Morgan fingerprint density at radius 3 is 2.26 bits per heavy atom. The minimum absolute atomic E-state index is 0.408. The van der Waals surface area contributed by atoms with Crippen LogP contribution < -0.4 is 4.90 Å². The van der Waals surface area contributed by atoms with Gasteiger partial charge < -0.3 is 0 Å². The number of carbonyl (C=O) groups is 1. The summed E-state index contributed by atoms with van der Waals surface area (Å²) in [6, 6.07) is 14.0. The molecular weight excluding hydrogens is 334 g/mol. The third-order valence-corrected chi connectivity index (χ3v) is 6.01. The fraction of sp³-hybridized carbons (Fsp3) is 0.235. The Kier molecular flexibility index (Phi) is 4.17. The maximum absolute atomic E-state index is 12.5. The Morgan fingerprint density at radius 2 is 1.70 bits per heavy atom. The van der Waals surface area contributed by atoms with E-state index in [4.69, 9.17) is 11.6 Å². The number of anilines is 1. The van der Waals surface area contributed by atoms with Gasteiger partial charge in [-0.25, -0.2) is 8.42 Å². The summed E-state index contributed by atoms with van der Waals surface area (Å²) in [5.41, 5.74) is 2.26. The van der Waals surface area contributed by atoms with E-state index in [9.17, 15) is 13.2 Å². The normalized spacial score (nSPS) is 20.0. The van der Waals surface area contributed by atoms with Gasteiger partial charge in [0.15, 0.2) is 15.2 Å². The van der Waals surface area contributed by atoms with Crippen LogP contribution in [0.25, 0.3) is 0 Å². The van der Waals surface area contributed by atoms with E-state index >= 15 is 0 Å². The van der Waals surface area contributed by atoms with Crippen molar-refractivity contribution in [2.75, 3.05) is 10.7 Å². The highest BCUT2D eigenvalue weighted by atomic mass is 35.5. The number of hydrogen-bond donors (Lipinski definition) is 0. The van der Waals surface area contributed by atoms with Gasteiger partial charge in [-0.2, -0.15) is 0 Å². The summed E-state index contributed by atoms with van der Waals surface area (Å²) in [6.45, 7) is 2.04. The number of aryl methyl sites for hydroxylation is 1. The molecule has 0 aliphatic carbocycles. The topological polar surface area (TPSA) is 54.5 Å². The zero-order chi connectivity index (χ0) is 16.6. The predicted octanol–water partition coefficient (Wildman–Crippen LogP) is 3.36. The minimum atomic E-state index is -3.58. The summed E-state index contributed by atoms with van der Waals surface area (Å²) in [6.07, 6.45) is 0.882. The predicted molar refractivity (Wildman–Crippen MR) is 91.3 cm³/mol. The highest BCUT2D eigenvalue weighted by Gasteiger charge is 2.45. The van der Waals surface area contributed by atoms with Gasteiger partial charge in [-0.1, -0.05) is 42.8 Å². The third-order valence-electron chi connectivity index (χ3n) is 3.95. The molecule has 1 aliphatic heterocycles. The second-order valence-corrected chi connectivity index (χ2v) is 7.99. The van der Waals surface area contributed by atoms with E-state index in [0.29, 0.717) is 16.3 Å². The molecule has 0 saturated carbocycles. The first-order chi connectivity index (χ1) is 10.9. The standard InChI is InChI=1S/C17H16ClNO3S/c1-2-12-3-9-15(10-4-12)19-16(20)11-23(21,22)17(19)13-5-7-14(18)8-6-13/h3-10,17H,2,11H2,1H3/t17-/m0/s1. The monoisotopic (exact) mass is 349 g/mol. The minimum Gasteiger partial charge on any atom is -0.290 e. The zero-order valence-corrected chi connectivity index (χ0v) is 14.1. The van der Waals surface area contributed by atoms with Gasteiger partial charge >= 0.3 is 0 Å². The van der Waals surface area contributed by atoms with Crippen molar-refractivity contribution in [3.8, 4) is 0 Å². The first kappa shape index (κ1) is 16.0. The summed E-state index contributed by atoms with van der Waals surface area (Å²) in [5.74, 6) is -0.885. The fourth-order valence-corrected chi connectivity index (χ4v) is 4.67. The van der Waals surface area contributed by atoms with Crippen LogP contribution in [-0.4, -0.2) is 20.1 Å². The molecule has 23 heavy (non-hydrogen) atoms. The molecule has 0 aromatic heterocycles. The molecule has 4 nitrogen and oxygen atoms in total. The van der Waals surface area contributed by atoms with E-state index in [-0.39, 0.29) is 0 Å². The lowest BCUT2D eigenvalue weighted by Gasteiger charge is -2.24. The number of rotatable bonds is 3. The van der Waals surface area contributed by atoms with Crippen LogP contribution in [0.4, 0.5) is 5.69 Å². The van der Waals surface area contributed by atoms with E-state index in [1.54, 1.807) is 36.4 Å². The molecule has 0 radical (unpaired) electrons. The molecule has 0 N–H and O–H groups in total. The molecule has 1 aliphatic rings. The first-order valence-corrected chi connectivity index (χ1v) is 9.40. The SMILES string of the molecule is CCc1ccc(N2C(=O)CS(=O)(=O)[C@H]2c2ccc(Cl)cc2)cc1. The van der Waals surface area contributed by atoms with Gasteiger partial charge in [-0.3, -0.25) is 9.69 Å². The van der Waals surface area contributed by atoms with E-state index < -0.39 is 26.9 Å². The summed E-state index contributed by atoms with van der Waals surface area (Å²) in [7, 11) is -3.58. The van der Waals surface area contributed by atoms with Gasteiger partial charge in [-0.15, -0.1) is 0 Å². The molecule has 2 aromatic carbocycles. The summed E-state index contributed by atoms with van der Waals surface area (Å²) >= 11 is 5.87. The van der Waals surface area contributed by atoms with Crippen LogP contribution in [0.2, 0.25) is 5.02 Å². The largest absolute Gasteiger partial charge is 0.290 e. The molecule has 1 atom stereocenters. The van der Waals surface area contributed by atoms with E-state index in [1.165, 1.54) is 4.90 Å². The zero-order valence-electron chi connectivity index (χ0n) is 12.6. The molecule has 1 fully saturated rings. The Balaban J connectivity index is 2.08. The number of amides is 1. The Bertz CT molecular complexity index is 829. The Labute approximate surface area is 140 Å². The average Bonchev–Trinajstić information content (AvgIpc) is 2.77. The van der Waals surface area contributed by atoms with Gasteiger partial charge in [0.2, 0.25) is 5.91 Å². The van der Waals surface area contributed by atoms with Crippen LogP contribution in [0.1, 0.15) is 23.4 Å². The van der Waals surface area contributed by atoms with Gasteiger partial charge in [0.1, 0.15) is 5.75 Å². The second-order valence-electron chi connectivity index (χ2n) is 5.49. The summed E-state index contributed by atoms with van der Waals surface area (Å²) in [4.78, 5) is 13.7. The fourth-order valence-electron chi connectivity index (χ4n) is 2.77. The number of carbonyl (C=O) groups excluding carboxylic acids is 1. The van der Waals surface area contributed by atoms with Crippen molar-refractivity contribution in [1.82, 2.24) is 0 Å². The molecular formula is C17H16ClNO3S. The van der Waals surface area contributed by atoms with Crippen LogP contribution in [0.15, 0.2) is 48.5 Å². The van der Waals surface area contributed by atoms with Crippen molar-refractivity contribution >= 4 is 33.0 Å². The van der Waals surface area contributed by atoms with Gasteiger partial charge in [0.05, 0.1) is 0 Å². The quantitative estimate of drug-likeness (QED) is 0.853. The number of benzene rings is 2.